The monoisotopic (exact) mass is 285 g/mol. The number of para-hydroxylation sites is 1. The maximum atomic E-state index is 11.3. The van der Waals surface area contributed by atoms with Gasteiger partial charge in [-0.05, 0) is 38.1 Å². The van der Waals surface area contributed by atoms with Gasteiger partial charge in [-0.25, -0.2) is 4.68 Å². The molecule has 1 aliphatic heterocycles. The van der Waals surface area contributed by atoms with Crippen LogP contribution in [0.2, 0.25) is 0 Å². The number of rotatable bonds is 4. The van der Waals surface area contributed by atoms with Gasteiger partial charge in [0.15, 0.2) is 0 Å². The Hall–Kier alpha value is -2.14. The van der Waals surface area contributed by atoms with Crippen molar-refractivity contribution in [3.8, 4) is 5.69 Å². The number of aliphatic carboxylic acids is 1. The van der Waals surface area contributed by atoms with Gasteiger partial charge in [-0.2, -0.15) is 5.10 Å². The summed E-state index contributed by atoms with van der Waals surface area (Å²) in [5.41, 5.74) is 1.37. The average Bonchev–Trinajstić information content (AvgIpc) is 3.08. The highest BCUT2D eigenvalue weighted by Gasteiger charge is 2.40. The molecule has 1 unspecified atom stereocenters. The predicted octanol–water partition coefficient (Wildman–Crippen LogP) is 2.17. The lowest BCUT2D eigenvalue weighted by molar-refractivity contribution is -0.147. The largest absolute Gasteiger partial charge is 0.481 e. The van der Waals surface area contributed by atoms with Crippen LogP contribution < -0.4 is 0 Å². The summed E-state index contributed by atoms with van der Waals surface area (Å²) in [5.74, 6) is -0.709. The first-order chi connectivity index (χ1) is 10.1. The predicted molar refractivity (Wildman–Crippen MR) is 79.2 cm³/mol. The zero-order chi connectivity index (χ0) is 14.9. The molecule has 1 aromatic carbocycles. The van der Waals surface area contributed by atoms with E-state index in [0.29, 0.717) is 19.5 Å². The van der Waals surface area contributed by atoms with Crippen molar-refractivity contribution in [1.82, 2.24) is 14.7 Å². The Bertz CT molecular complexity index is 638. The molecule has 0 aliphatic carbocycles. The molecule has 0 bridgehead atoms. The number of hydrogen-bond acceptors (Lipinski definition) is 3. The van der Waals surface area contributed by atoms with E-state index in [1.807, 2.05) is 54.2 Å². The van der Waals surface area contributed by atoms with E-state index in [1.54, 1.807) is 0 Å². The lowest BCUT2D eigenvalue weighted by Crippen LogP contribution is -2.31. The zero-order valence-corrected chi connectivity index (χ0v) is 12.1. The van der Waals surface area contributed by atoms with Crippen LogP contribution in [0.1, 0.15) is 19.0 Å². The smallest absolute Gasteiger partial charge is 0.310 e. The van der Waals surface area contributed by atoms with E-state index in [0.717, 1.165) is 17.9 Å². The highest BCUT2D eigenvalue weighted by Crippen LogP contribution is 2.30. The highest BCUT2D eigenvalue weighted by molar-refractivity contribution is 5.74. The third kappa shape index (κ3) is 2.83. The lowest BCUT2D eigenvalue weighted by atomic mass is 9.90. The molecule has 0 saturated carbocycles. The average molecular weight is 285 g/mol. The van der Waals surface area contributed by atoms with Gasteiger partial charge in [-0.1, -0.05) is 18.2 Å². The van der Waals surface area contributed by atoms with E-state index in [4.69, 9.17) is 0 Å². The van der Waals surface area contributed by atoms with Crippen molar-refractivity contribution >= 4 is 5.97 Å². The molecule has 0 spiro atoms. The quantitative estimate of drug-likeness (QED) is 0.935. The zero-order valence-electron chi connectivity index (χ0n) is 12.1. The molecular formula is C16H19N3O2. The van der Waals surface area contributed by atoms with Gasteiger partial charge in [0, 0.05) is 19.3 Å². The molecule has 1 atom stereocenters. The molecule has 110 valence electrons. The Balaban J connectivity index is 1.68. The normalized spacial score (nSPS) is 22.5. The summed E-state index contributed by atoms with van der Waals surface area (Å²) in [4.78, 5) is 13.4. The Labute approximate surface area is 123 Å². The molecule has 1 aromatic heterocycles. The second-order valence-corrected chi connectivity index (χ2v) is 5.91. The summed E-state index contributed by atoms with van der Waals surface area (Å²) in [6.07, 6.45) is 2.64. The molecule has 1 saturated heterocycles. The number of likely N-dealkylation sites (tertiary alicyclic amines) is 1. The standard InChI is InChI=1S/C16H19N3O2/c1-16(15(20)21)8-10-18(12-16)11-13-7-9-19(17-13)14-5-3-2-4-6-14/h2-7,9H,8,10-12H2,1H3,(H,20,21). The fourth-order valence-corrected chi connectivity index (χ4v) is 2.77. The Morgan fingerprint density at radius 2 is 2.10 bits per heavy atom. The number of carbonyl (C=O) groups is 1. The van der Waals surface area contributed by atoms with Crippen LogP contribution in [0.3, 0.4) is 0 Å². The van der Waals surface area contributed by atoms with Crippen LogP contribution in [0.4, 0.5) is 0 Å². The molecule has 0 radical (unpaired) electrons. The van der Waals surface area contributed by atoms with Crippen LogP contribution in [0, 0.1) is 5.41 Å². The summed E-state index contributed by atoms with van der Waals surface area (Å²) in [5, 5.41) is 13.8. The molecule has 0 amide bonds. The van der Waals surface area contributed by atoms with E-state index in [2.05, 4.69) is 10.00 Å². The molecule has 21 heavy (non-hydrogen) atoms. The van der Waals surface area contributed by atoms with Crippen LogP contribution >= 0.6 is 0 Å². The summed E-state index contributed by atoms with van der Waals surface area (Å²) >= 11 is 0. The van der Waals surface area contributed by atoms with Crippen molar-refractivity contribution in [2.45, 2.75) is 19.9 Å². The second-order valence-electron chi connectivity index (χ2n) is 5.91. The molecule has 1 N–H and O–H groups in total. The molecule has 5 nitrogen and oxygen atoms in total. The van der Waals surface area contributed by atoms with Crippen LogP contribution in [0.25, 0.3) is 5.69 Å². The van der Waals surface area contributed by atoms with Gasteiger partial charge in [0.05, 0.1) is 16.8 Å². The fourth-order valence-electron chi connectivity index (χ4n) is 2.77. The van der Waals surface area contributed by atoms with Gasteiger partial charge in [-0.15, -0.1) is 0 Å². The fraction of sp³-hybridized carbons (Fsp3) is 0.375. The van der Waals surface area contributed by atoms with Gasteiger partial charge in [0.1, 0.15) is 0 Å². The van der Waals surface area contributed by atoms with Crippen LogP contribution in [-0.2, 0) is 11.3 Å². The number of carboxylic acid groups (broad SMARTS) is 1. The minimum atomic E-state index is -0.709. The number of hydrogen-bond donors (Lipinski definition) is 1. The molecule has 1 aliphatic rings. The summed E-state index contributed by atoms with van der Waals surface area (Å²) < 4.78 is 1.85. The first-order valence-electron chi connectivity index (χ1n) is 7.13. The molecule has 5 heteroatoms. The van der Waals surface area contributed by atoms with Crippen LogP contribution in [0.5, 0.6) is 0 Å². The second kappa shape index (κ2) is 5.33. The summed E-state index contributed by atoms with van der Waals surface area (Å²) in [7, 11) is 0. The maximum absolute atomic E-state index is 11.3. The third-order valence-corrected chi connectivity index (χ3v) is 4.12. The Kier molecular flexibility index (Phi) is 3.51. The minimum absolute atomic E-state index is 0.584. The van der Waals surface area contributed by atoms with Gasteiger partial charge >= 0.3 is 5.97 Å². The summed E-state index contributed by atoms with van der Waals surface area (Å²) in [6.45, 7) is 3.90. The molecule has 3 rings (SSSR count). The molecule has 1 fully saturated rings. The number of benzene rings is 1. The van der Waals surface area contributed by atoms with Gasteiger partial charge in [-0.3, -0.25) is 9.69 Å². The van der Waals surface area contributed by atoms with Crippen molar-refractivity contribution < 1.29 is 9.90 Å². The number of carboxylic acids is 1. The number of aromatic nitrogens is 2. The number of nitrogens with zero attached hydrogens (tertiary/aromatic N) is 3. The Morgan fingerprint density at radius 3 is 2.76 bits per heavy atom. The molecule has 2 aromatic rings. The van der Waals surface area contributed by atoms with Crippen molar-refractivity contribution in [1.29, 1.82) is 0 Å². The maximum Gasteiger partial charge on any atom is 0.310 e. The van der Waals surface area contributed by atoms with Crippen molar-refractivity contribution in [3.05, 3.63) is 48.3 Å². The van der Waals surface area contributed by atoms with Crippen LogP contribution in [-0.4, -0.2) is 38.8 Å². The topological polar surface area (TPSA) is 58.4 Å². The van der Waals surface area contributed by atoms with Crippen molar-refractivity contribution in [2.75, 3.05) is 13.1 Å². The van der Waals surface area contributed by atoms with E-state index >= 15 is 0 Å². The van der Waals surface area contributed by atoms with Gasteiger partial charge in [0.2, 0.25) is 0 Å². The van der Waals surface area contributed by atoms with Crippen LogP contribution in [0.15, 0.2) is 42.6 Å². The molecular weight excluding hydrogens is 266 g/mol. The van der Waals surface area contributed by atoms with Gasteiger partial charge < -0.3 is 5.11 Å². The summed E-state index contributed by atoms with van der Waals surface area (Å²) in [6, 6.07) is 11.9. The van der Waals surface area contributed by atoms with Crippen molar-refractivity contribution in [3.63, 3.8) is 0 Å². The van der Waals surface area contributed by atoms with E-state index in [9.17, 15) is 9.90 Å². The highest BCUT2D eigenvalue weighted by atomic mass is 16.4. The van der Waals surface area contributed by atoms with E-state index in [1.165, 1.54) is 0 Å². The molecule has 2 heterocycles. The first kappa shape index (κ1) is 13.8. The first-order valence-corrected chi connectivity index (χ1v) is 7.13. The SMILES string of the molecule is CC1(C(=O)O)CCN(Cc2ccn(-c3ccccc3)n2)C1. The van der Waals surface area contributed by atoms with E-state index < -0.39 is 11.4 Å². The minimum Gasteiger partial charge on any atom is -0.481 e. The Morgan fingerprint density at radius 1 is 1.33 bits per heavy atom. The lowest BCUT2D eigenvalue weighted by Gasteiger charge is -2.19. The van der Waals surface area contributed by atoms with Crippen molar-refractivity contribution in [2.24, 2.45) is 5.41 Å². The third-order valence-electron chi connectivity index (χ3n) is 4.12. The van der Waals surface area contributed by atoms with Gasteiger partial charge in [0.25, 0.3) is 0 Å². The van der Waals surface area contributed by atoms with E-state index in [-0.39, 0.29) is 0 Å².